The van der Waals surface area contributed by atoms with Crippen LogP contribution in [0.3, 0.4) is 0 Å². The molecule has 0 bridgehead atoms. The van der Waals surface area contributed by atoms with Gasteiger partial charge >= 0.3 is 5.97 Å². The Hall–Kier alpha value is -6.29. The number of primary amides is 1. The lowest BCUT2D eigenvalue weighted by molar-refractivity contribution is -0.131. The summed E-state index contributed by atoms with van der Waals surface area (Å²) in [6.07, 6.45) is 0.480. The predicted octanol–water partition coefficient (Wildman–Crippen LogP) is 2.90. The fourth-order valence-electron chi connectivity index (χ4n) is 4.24. The summed E-state index contributed by atoms with van der Waals surface area (Å²) in [7, 11) is 1.46. The van der Waals surface area contributed by atoms with Gasteiger partial charge < -0.3 is 48.9 Å². The van der Waals surface area contributed by atoms with Crippen molar-refractivity contribution in [1.82, 2.24) is 21.3 Å². The van der Waals surface area contributed by atoms with Crippen molar-refractivity contribution in [3.63, 3.8) is 0 Å². The van der Waals surface area contributed by atoms with E-state index in [-0.39, 0.29) is 59.6 Å². The molecule has 0 spiro atoms. The van der Waals surface area contributed by atoms with Crippen molar-refractivity contribution in [3.05, 3.63) is 95.6 Å². The van der Waals surface area contributed by atoms with Crippen LogP contribution in [0, 0.1) is 11.8 Å². The van der Waals surface area contributed by atoms with Crippen LogP contribution in [0.15, 0.2) is 78.9 Å². The van der Waals surface area contributed by atoms with E-state index in [2.05, 4.69) is 47.4 Å². The number of nitrogens with one attached hydrogen (secondary N) is 5. The summed E-state index contributed by atoms with van der Waals surface area (Å²) in [6.45, 7) is 11.3. The van der Waals surface area contributed by atoms with Crippen molar-refractivity contribution in [2.75, 3.05) is 31.2 Å². The van der Waals surface area contributed by atoms with Gasteiger partial charge in [0, 0.05) is 42.0 Å². The highest BCUT2D eigenvalue weighted by molar-refractivity contribution is 5.99. The molecule has 0 saturated heterocycles. The molecule has 6 amide bonds. The third-order valence-electron chi connectivity index (χ3n) is 6.95. The molecule has 0 saturated carbocycles. The molecule has 0 aliphatic carbocycles. The summed E-state index contributed by atoms with van der Waals surface area (Å²) in [5.74, 6) is -3.24. The third-order valence-corrected chi connectivity index (χ3v) is 6.95. The molecule has 306 valence electrons. The topological polar surface area (TPSA) is 278 Å². The SMILES string of the molecule is CC(C)C.CCC(CC(=O)Nc1cccc(C(N)=O)c1)NC(=O)CNC(=O)C(NC(=O)CN)C(C)C.CNC(=O)c1cc(N)cc(C(=O)O)c1.c1ccccc1. The number of rotatable bonds is 14. The van der Waals surface area contributed by atoms with Crippen LogP contribution in [0.25, 0.3) is 0 Å². The fourth-order valence-corrected chi connectivity index (χ4v) is 4.24. The smallest absolute Gasteiger partial charge is 0.335 e. The van der Waals surface area contributed by atoms with E-state index >= 15 is 0 Å². The Bertz CT molecular complexity index is 1690. The van der Waals surface area contributed by atoms with Crippen LogP contribution < -0.4 is 43.8 Å². The molecule has 2 unspecified atom stereocenters. The molecular weight excluding hydrogens is 720 g/mol. The van der Waals surface area contributed by atoms with Gasteiger partial charge in [0.2, 0.25) is 29.5 Å². The number of carboxylic acids is 1. The summed E-state index contributed by atoms with van der Waals surface area (Å²) in [6, 6.07) is 20.9. The van der Waals surface area contributed by atoms with Gasteiger partial charge in [-0.15, -0.1) is 0 Å². The van der Waals surface area contributed by atoms with Crippen LogP contribution in [0.4, 0.5) is 11.4 Å². The van der Waals surface area contributed by atoms with Crippen LogP contribution in [0.5, 0.6) is 0 Å². The van der Waals surface area contributed by atoms with Crippen molar-refractivity contribution in [3.8, 4) is 0 Å². The van der Waals surface area contributed by atoms with Gasteiger partial charge in [0.05, 0.1) is 18.7 Å². The Morgan fingerprint density at radius 1 is 0.732 bits per heavy atom. The molecule has 0 fully saturated rings. The van der Waals surface area contributed by atoms with Crippen LogP contribution in [-0.4, -0.2) is 78.7 Å². The lowest BCUT2D eigenvalue weighted by Crippen LogP contribution is -2.53. The Kier molecular flexibility index (Phi) is 24.2. The number of carbonyl (C=O) groups excluding carboxylic acids is 6. The summed E-state index contributed by atoms with van der Waals surface area (Å²) in [5, 5.41) is 21.4. The lowest BCUT2D eigenvalue weighted by atomic mass is 10.0. The van der Waals surface area contributed by atoms with Gasteiger partial charge in [-0.05, 0) is 54.7 Å². The van der Waals surface area contributed by atoms with Crippen LogP contribution in [0.1, 0.15) is 85.5 Å². The summed E-state index contributed by atoms with van der Waals surface area (Å²) in [4.78, 5) is 81.4. The van der Waals surface area contributed by atoms with E-state index < -0.39 is 41.7 Å². The molecule has 3 aromatic rings. The first kappa shape index (κ1) is 49.7. The average molecular weight is 779 g/mol. The second kappa shape index (κ2) is 27.3. The summed E-state index contributed by atoms with van der Waals surface area (Å²) < 4.78 is 0. The molecule has 3 aromatic carbocycles. The highest BCUT2D eigenvalue weighted by Gasteiger charge is 2.24. The van der Waals surface area contributed by atoms with E-state index in [0.717, 1.165) is 5.92 Å². The van der Waals surface area contributed by atoms with Gasteiger partial charge in [-0.25, -0.2) is 4.79 Å². The maximum atomic E-state index is 12.3. The molecule has 0 radical (unpaired) electrons. The largest absolute Gasteiger partial charge is 0.478 e. The molecule has 12 N–H and O–H groups in total. The van der Waals surface area contributed by atoms with Crippen LogP contribution >= 0.6 is 0 Å². The zero-order chi connectivity index (χ0) is 42.8. The van der Waals surface area contributed by atoms with Gasteiger partial charge in [-0.2, -0.15) is 0 Å². The average Bonchev–Trinajstić information content (AvgIpc) is 3.15. The second-order valence-electron chi connectivity index (χ2n) is 13.2. The molecule has 2 atom stereocenters. The number of nitrogens with two attached hydrogens (primary N) is 3. The molecular formula is C40H58N8O8. The minimum Gasteiger partial charge on any atom is -0.478 e. The van der Waals surface area contributed by atoms with Crippen LogP contribution in [-0.2, 0) is 19.2 Å². The van der Waals surface area contributed by atoms with E-state index in [4.69, 9.17) is 22.3 Å². The van der Waals surface area contributed by atoms with Crippen molar-refractivity contribution in [2.24, 2.45) is 23.3 Å². The number of anilines is 2. The number of nitrogen functional groups attached to an aromatic ring is 1. The number of benzene rings is 3. The zero-order valence-electron chi connectivity index (χ0n) is 33.2. The number of carboxylic acid groups (broad SMARTS) is 1. The van der Waals surface area contributed by atoms with Crippen molar-refractivity contribution in [1.29, 1.82) is 0 Å². The highest BCUT2D eigenvalue weighted by Crippen LogP contribution is 2.13. The lowest BCUT2D eigenvalue weighted by Gasteiger charge is -2.22. The Morgan fingerprint density at radius 3 is 1.75 bits per heavy atom. The Labute approximate surface area is 328 Å². The standard InChI is InChI=1S/C21H32N6O5.C9H10N2O3.C6H6.C4H10/c1-4-14(9-16(28)26-15-7-5-6-13(8-15)20(23)31)25-18(30)11-24-21(32)19(12(2)3)27-17(29)10-22;1-11-8(12)5-2-6(9(13)14)4-7(10)3-5;1-2-4-6-5-3-1;1-4(2)3/h5-8,12,14,19H,4,9-11,22H2,1-3H3,(H2,23,31)(H,24,32)(H,25,30)(H,26,28)(H,27,29);2-4H,10H2,1H3,(H,11,12)(H,13,14);1-6H;4H,1-3H3. The van der Waals surface area contributed by atoms with Gasteiger partial charge in [0.15, 0.2) is 0 Å². The number of carbonyl (C=O) groups is 7. The monoisotopic (exact) mass is 778 g/mol. The van der Waals surface area contributed by atoms with Gasteiger partial charge in [-0.3, -0.25) is 28.8 Å². The summed E-state index contributed by atoms with van der Waals surface area (Å²) in [5.41, 5.74) is 17.1. The molecule has 16 heteroatoms. The van der Waals surface area contributed by atoms with Gasteiger partial charge in [0.1, 0.15) is 6.04 Å². The minimum absolute atomic E-state index is 0.00182. The van der Waals surface area contributed by atoms with E-state index in [0.29, 0.717) is 12.1 Å². The minimum atomic E-state index is -1.11. The van der Waals surface area contributed by atoms with E-state index in [9.17, 15) is 33.6 Å². The van der Waals surface area contributed by atoms with Gasteiger partial charge in [0.25, 0.3) is 5.91 Å². The molecule has 0 aliphatic heterocycles. The van der Waals surface area contributed by atoms with Gasteiger partial charge in [-0.1, -0.05) is 84.0 Å². The maximum Gasteiger partial charge on any atom is 0.335 e. The van der Waals surface area contributed by atoms with E-state index in [1.54, 1.807) is 26.0 Å². The third kappa shape index (κ3) is 22.0. The highest BCUT2D eigenvalue weighted by atomic mass is 16.4. The second-order valence-corrected chi connectivity index (χ2v) is 13.2. The molecule has 0 aliphatic rings. The number of amides is 6. The Morgan fingerprint density at radius 2 is 1.29 bits per heavy atom. The normalized spacial score (nSPS) is 11.0. The van der Waals surface area contributed by atoms with E-state index in [1.807, 2.05) is 43.3 Å². The molecule has 0 aromatic heterocycles. The quantitative estimate of drug-likeness (QED) is 0.108. The van der Waals surface area contributed by atoms with Crippen molar-refractivity contribution in [2.45, 2.75) is 66.5 Å². The zero-order valence-corrected chi connectivity index (χ0v) is 33.2. The van der Waals surface area contributed by atoms with Crippen molar-refractivity contribution >= 4 is 52.8 Å². The summed E-state index contributed by atoms with van der Waals surface area (Å²) >= 11 is 0. The number of aromatic carboxylic acids is 1. The van der Waals surface area contributed by atoms with E-state index in [1.165, 1.54) is 37.4 Å². The molecule has 56 heavy (non-hydrogen) atoms. The van der Waals surface area contributed by atoms with Crippen molar-refractivity contribution < 1.29 is 38.7 Å². The fraction of sp³-hybridized carbons (Fsp3) is 0.375. The first-order chi connectivity index (χ1) is 26.3. The van der Waals surface area contributed by atoms with Crippen LogP contribution in [0.2, 0.25) is 0 Å². The predicted molar refractivity (Wildman–Crippen MR) is 217 cm³/mol. The number of hydrogen-bond acceptors (Lipinski definition) is 9. The maximum absolute atomic E-state index is 12.3. The first-order valence-electron chi connectivity index (χ1n) is 18.0. The molecule has 16 nitrogen and oxygen atoms in total. The molecule has 3 rings (SSSR count). The Balaban J connectivity index is 0.00000101. The number of hydrogen-bond donors (Lipinski definition) is 9. The molecule has 0 heterocycles. The first-order valence-corrected chi connectivity index (χ1v) is 18.0.